The lowest BCUT2D eigenvalue weighted by molar-refractivity contribution is 0.0700. The topological polar surface area (TPSA) is 123 Å². The van der Waals surface area contributed by atoms with Gasteiger partial charge in [-0.1, -0.05) is 0 Å². The number of amides is 1. The van der Waals surface area contributed by atoms with Crippen molar-refractivity contribution in [2.75, 3.05) is 25.4 Å². The molecular formula is C18H21N7O2. The third-order valence-electron chi connectivity index (χ3n) is 4.82. The third-order valence-corrected chi connectivity index (χ3v) is 4.82. The first-order valence-electron chi connectivity index (χ1n) is 9.00. The van der Waals surface area contributed by atoms with Crippen LogP contribution < -0.4 is 10.5 Å². The Hall–Kier alpha value is -3.23. The molecule has 1 fully saturated rings. The first kappa shape index (κ1) is 17.2. The van der Waals surface area contributed by atoms with Crippen molar-refractivity contribution in [3.8, 4) is 5.75 Å². The van der Waals surface area contributed by atoms with Crippen molar-refractivity contribution in [1.82, 2.24) is 30.0 Å². The van der Waals surface area contributed by atoms with E-state index in [0.29, 0.717) is 19.7 Å². The molecule has 0 radical (unpaired) electrons. The molecule has 9 nitrogen and oxygen atoms in total. The van der Waals surface area contributed by atoms with Gasteiger partial charge in [0.2, 0.25) is 11.8 Å². The first-order chi connectivity index (χ1) is 13.2. The van der Waals surface area contributed by atoms with Crippen molar-refractivity contribution in [3.63, 3.8) is 0 Å². The van der Waals surface area contributed by atoms with Crippen LogP contribution in [0.25, 0.3) is 10.9 Å². The van der Waals surface area contributed by atoms with Gasteiger partial charge in [0.25, 0.3) is 5.91 Å². The van der Waals surface area contributed by atoms with Crippen LogP contribution in [0.2, 0.25) is 0 Å². The summed E-state index contributed by atoms with van der Waals surface area (Å²) >= 11 is 0. The molecule has 0 bridgehead atoms. The molecule has 3 aromatic rings. The fourth-order valence-electron chi connectivity index (χ4n) is 3.52. The van der Waals surface area contributed by atoms with Crippen molar-refractivity contribution >= 4 is 22.8 Å². The lowest BCUT2D eigenvalue weighted by atomic mass is 9.91. The fraction of sp³-hybridized carbons (Fsp3) is 0.389. The fourth-order valence-corrected chi connectivity index (χ4v) is 3.52. The number of hydrogen-bond acceptors (Lipinski definition) is 7. The number of carbonyl (C=O) groups excluding carboxylic acids is 1. The molecule has 0 atom stereocenters. The van der Waals surface area contributed by atoms with Crippen molar-refractivity contribution in [2.45, 2.75) is 25.7 Å². The molecule has 0 spiro atoms. The minimum Gasteiger partial charge on any atom is -0.494 e. The van der Waals surface area contributed by atoms with Crippen LogP contribution in [-0.2, 0) is 0 Å². The number of rotatable bonds is 4. The van der Waals surface area contributed by atoms with Gasteiger partial charge in [0, 0.05) is 30.5 Å². The second kappa shape index (κ2) is 7.18. The highest BCUT2D eigenvalue weighted by Gasteiger charge is 2.28. The maximum Gasteiger partial charge on any atom is 0.291 e. The van der Waals surface area contributed by atoms with E-state index in [2.05, 4.69) is 25.1 Å². The zero-order valence-electron chi connectivity index (χ0n) is 15.1. The monoisotopic (exact) mass is 367 g/mol. The van der Waals surface area contributed by atoms with Crippen LogP contribution in [0.3, 0.4) is 0 Å². The number of nitrogens with one attached hydrogen (secondary N) is 1. The van der Waals surface area contributed by atoms with Gasteiger partial charge in [-0.15, -0.1) is 5.10 Å². The predicted octanol–water partition coefficient (Wildman–Crippen LogP) is 1.75. The summed E-state index contributed by atoms with van der Waals surface area (Å²) in [5, 5.41) is 7.33. The molecule has 4 rings (SSSR count). The maximum atomic E-state index is 12.5. The van der Waals surface area contributed by atoms with Gasteiger partial charge in [-0.2, -0.15) is 4.98 Å². The lowest BCUT2D eigenvalue weighted by Gasteiger charge is -2.31. The smallest absolute Gasteiger partial charge is 0.291 e. The van der Waals surface area contributed by atoms with Crippen LogP contribution in [-0.4, -0.2) is 55.7 Å². The molecule has 1 saturated heterocycles. The predicted molar refractivity (Wildman–Crippen MR) is 99.4 cm³/mol. The van der Waals surface area contributed by atoms with E-state index in [1.54, 1.807) is 11.2 Å². The molecular weight excluding hydrogens is 346 g/mol. The second-order valence-electron chi connectivity index (χ2n) is 6.48. The Morgan fingerprint density at radius 1 is 1.33 bits per heavy atom. The van der Waals surface area contributed by atoms with E-state index in [9.17, 15) is 4.79 Å². The van der Waals surface area contributed by atoms with Gasteiger partial charge in [0.1, 0.15) is 12.1 Å². The van der Waals surface area contributed by atoms with Crippen LogP contribution in [0.1, 0.15) is 42.0 Å². The van der Waals surface area contributed by atoms with E-state index in [1.807, 2.05) is 25.1 Å². The minimum atomic E-state index is -0.174. The van der Waals surface area contributed by atoms with Crippen molar-refractivity contribution in [2.24, 2.45) is 0 Å². The quantitative estimate of drug-likeness (QED) is 0.720. The summed E-state index contributed by atoms with van der Waals surface area (Å²) in [7, 11) is 0. The number of nitrogen functional groups attached to an aromatic ring is 1. The summed E-state index contributed by atoms with van der Waals surface area (Å²) in [6, 6.07) is 5.91. The Kier molecular flexibility index (Phi) is 4.57. The lowest BCUT2D eigenvalue weighted by Crippen LogP contribution is -2.38. The number of likely N-dealkylation sites (tertiary alicyclic amines) is 1. The van der Waals surface area contributed by atoms with E-state index in [1.165, 1.54) is 0 Å². The number of fused-ring (bicyclic) bond motifs is 1. The van der Waals surface area contributed by atoms with Gasteiger partial charge in [-0.25, -0.2) is 9.97 Å². The normalized spacial score (nSPS) is 15.2. The Morgan fingerprint density at radius 3 is 2.85 bits per heavy atom. The van der Waals surface area contributed by atoms with E-state index < -0.39 is 0 Å². The summed E-state index contributed by atoms with van der Waals surface area (Å²) in [6.45, 7) is 3.84. The van der Waals surface area contributed by atoms with E-state index in [0.717, 1.165) is 35.2 Å². The Labute approximate surface area is 156 Å². The number of H-pyrrole nitrogens is 1. The number of piperidine rings is 1. The number of benzene rings is 1. The molecule has 0 saturated carbocycles. The average Bonchev–Trinajstić information content (AvgIpc) is 3.13. The first-order valence-corrected chi connectivity index (χ1v) is 9.00. The van der Waals surface area contributed by atoms with Gasteiger partial charge in [0.15, 0.2) is 0 Å². The largest absolute Gasteiger partial charge is 0.494 e. The highest BCUT2D eigenvalue weighted by atomic mass is 16.5. The summed E-state index contributed by atoms with van der Waals surface area (Å²) in [5.74, 6) is 1.17. The number of anilines is 1. The number of nitrogens with two attached hydrogens (primary N) is 1. The van der Waals surface area contributed by atoms with Crippen LogP contribution in [0.15, 0.2) is 24.5 Å². The Balaban J connectivity index is 1.50. The molecule has 3 heterocycles. The molecule has 27 heavy (non-hydrogen) atoms. The third kappa shape index (κ3) is 3.40. The summed E-state index contributed by atoms with van der Waals surface area (Å²) in [4.78, 5) is 27.1. The average molecular weight is 367 g/mol. The number of ether oxygens (including phenoxy) is 1. The number of aromatic amines is 1. The maximum absolute atomic E-state index is 12.5. The van der Waals surface area contributed by atoms with Gasteiger partial charge in [-0.05, 0) is 31.9 Å². The van der Waals surface area contributed by atoms with E-state index in [-0.39, 0.29) is 23.6 Å². The van der Waals surface area contributed by atoms with Gasteiger partial charge >= 0.3 is 0 Å². The van der Waals surface area contributed by atoms with Crippen molar-refractivity contribution in [3.05, 3.63) is 36.0 Å². The SMILES string of the molecule is CCOc1ccc2c(C3CCN(C(=O)c4nc(N)n[nH]4)CC3)ncnc2c1. The number of carbonyl (C=O) groups is 1. The molecule has 9 heteroatoms. The summed E-state index contributed by atoms with van der Waals surface area (Å²) in [5.41, 5.74) is 7.38. The number of aromatic nitrogens is 5. The van der Waals surface area contributed by atoms with Crippen molar-refractivity contribution in [1.29, 1.82) is 0 Å². The molecule has 1 aliphatic rings. The molecule has 0 unspecified atom stereocenters. The molecule has 140 valence electrons. The van der Waals surface area contributed by atoms with Gasteiger partial charge in [0.05, 0.1) is 17.8 Å². The number of hydrogen-bond donors (Lipinski definition) is 2. The van der Waals surface area contributed by atoms with Crippen LogP contribution in [0, 0.1) is 0 Å². The standard InChI is InChI=1S/C18H21N7O2/c1-2-27-12-3-4-13-14(9-12)20-10-21-15(13)11-5-7-25(8-6-11)17(26)16-22-18(19)24-23-16/h3-4,9-11H,2,5-8H2,1H3,(H3,19,22,23,24). The van der Waals surface area contributed by atoms with Gasteiger partial charge in [-0.3, -0.25) is 9.89 Å². The molecule has 1 aliphatic heterocycles. The zero-order chi connectivity index (χ0) is 18.8. The highest BCUT2D eigenvalue weighted by molar-refractivity contribution is 5.90. The van der Waals surface area contributed by atoms with E-state index in [4.69, 9.17) is 10.5 Å². The van der Waals surface area contributed by atoms with Crippen molar-refractivity contribution < 1.29 is 9.53 Å². The molecule has 0 aliphatic carbocycles. The van der Waals surface area contributed by atoms with E-state index >= 15 is 0 Å². The second-order valence-corrected chi connectivity index (χ2v) is 6.48. The Bertz CT molecular complexity index is 963. The minimum absolute atomic E-state index is 0.0760. The molecule has 3 N–H and O–H groups in total. The van der Waals surface area contributed by atoms with Gasteiger partial charge < -0.3 is 15.4 Å². The highest BCUT2D eigenvalue weighted by Crippen LogP contribution is 2.32. The van der Waals surface area contributed by atoms with Crippen LogP contribution in [0.4, 0.5) is 5.95 Å². The molecule has 1 amide bonds. The van der Waals surface area contributed by atoms with Crippen LogP contribution in [0.5, 0.6) is 5.75 Å². The zero-order valence-corrected chi connectivity index (χ0v) is 15.1. The molecule has 2 aromatic heterocycles. The van der Waals surface area contributed by atoms with Crippen LogP contribution >= 0.6 is 0 Å². The summed E-state index contributed by atoms with van der Waals surface area (Å²) < 4.78 is 5.56. The Morgan fingerprint density at radius 2 is 2.15 bits per heavy atom. The summed E-state index contributed by atoms with van der Waals surface area (Å²) in [6.07, 6.45) is 3.26. The molecule has 1 aromatic carbocycles. The number of nitrogens with zero attached hydrogens (tertiary/aromatic N) is 5.